The van der Waals surface area contributed by atoms with Crippen molar-refractivity contribution in [1.82, 2.24) is 15.1 Å². The average molecular weight is 389 g/mol. The Hall–Kier alpha value is -2.75. The minimum absolute atomic E-state index is 0.508. The number of benzene rings is 1. The van der Waals surface area contributed by atoms with Gasteiger partial charge < -0.3 is 9.80 Å². The Morgan fingerprint density at radius 2 is 1.93 bits per heavy atom. The van der Waals surface area contributed by atoms with Crippen molar-refractivity contribution in [2.24, 2.45) is 0 Å². The van der Waals surface area contributed by atoms with Crippen LogP contribution < -0.4 is 4.90 Å². The van der Waals surface area contributed by atoms with E-state index >= 15 is 0 Å². The molecule has 2 aliphatic carbocycles. The molecule has 0 amide bonds. The second-order valence-electron chi connectivity index (χ2n) is 8.27. The number of allylic oxidation sites excluding steroid dienone is 1. The molecule has 1 fully saturated rings. The van der Waals surface area contributed by atoms with Gasteiger partial charge in [0.15, 0.2) is 0 Å². The van der Waals surface area contributed by atoms with Gasteiger partial charge in [0.05, 0.1) is 6.20 Å². The first-order valence-corrected chi connectivity index (χ1v) is 10.8. The summed E-state index contributed by atoms with van der Waals surface area (Å²) in [4.78, 5) is 4.67. The molecule has 4 heteroatoms. The quantitative estimate of drug-likeness (QED) is 0.601. The number of aromatic nitrogens is 2. The molecule has 1 saturated carbocycles. The van der Waals surface area contributed by atoms with Crippen molar-refractivity contribution in [3.63, 3.8) is 0 Å². The third-order valence-electron chi connectivity index (χ3n) is 6.18. The molecular weight excluding hydrogens is 356 g/mol. The van der Waals surface area contributed by atoms with Crippen LogP contribution in [0, 0.1) is 0 Å². The van der Waals surface area contributed by atoms with Crippen molar-refractivity contribution >= 4 is 11.4 Å². The predicted octanol–water partition coefficient (Wildman–Crippen LogP) is 5.67. The fraction of sp³-hybridized carbons (Fsp3) is 0.400. The van der Waals surface area contributed by atoms with E-state index in [0.29, 0.717) is 12.1 Å². The van der Waals surface area contributed by atoms with E-state index in [2.05, 4.69) is 70.9 Å². The van der Waals surface area contributed by atoms with E-state index in [0.717, 1.165) is 49.2 Å². The first kappa shape index (κ1) is 19.6. The molecule has 1 atom stereocenters. The Balaban J connectivity index is 1.52. The van der Waals surface area contributed by atoms with Gasteiger partial charge in [-0.05, 0) is 61.8 Å². The summed E-state index contributed by atoms with van der Waals surface area (Å²) in [6, 6.07) is 9.83. The molecule has 0 saturated heterocycles. The van der Waals surface area contributed by atoms with E-state index in [-0.39, 0.29) is 0 Å². The van der Waals surface area contributed by atoms with Gasteiger partial charge in [-0.3, -0.25) is 5.10 Å². The summed E-state index contributed by atoms with van der Waals surface area (Å²) >= 11 is 0. The van der Waals surface area contributed by atoms with Crippen LogP contribution >= 0.6 is 0 Å². The monoisotopic (exact) mass is 388 g/mol. The average Bonchev–Trinajstić information content (AvgIpc) is 3.45. The van der Waals surface area contributed by atoms with E-state index in [9.17, 15) is 0 Å². The minimum Gasteiger partial charge on any atom is -0.365 e. The summed E-state index contributed by atoms with van der Waals surface area (Å²) < 4.78 is 0. The third kappa shape index (κ3) is 4.02. The van der Waals surface area contributed by atoms with Gasteiger partial charge in [0.25, 0.3) is 0 Å². The standard InChI is InChI=1S/C25H32N4/c1-5-7-18(3)28(6-2)22-10-8-20(9-11-22)19(4)29(23-12-13-23)24-14-15-25-21(16-24)17-26-27-25/h6,8-11,17,23-24H,2-5,7,12-16H2,1H3,(H,26,27). The van der Waals surface area contributed by atoms with Crippen LogP contribution in [0.2, 0.25) is 0 Å². The largest absolute Gasteiger partial charge is 0.365 e. The molecule has 1 aromatic heterocycles. The molecule has 152 valence electrons. The van der Waals surface area contributed by atoms with Crippen molar-refractivity contribution in [1.29, 1.82) is 0 Å². The van der Waals surface area contributed by atoms with E-state index in [4.69, 9.17) is 0 Å². The minimum atomic E-state index is 0.508. The highest BCUT2D eigenvalue weighted by Crippen LogP contribution is 2.39. The highest BCUT2D eigenvalue weighted by atomic mass is 15.2. The van der Waals surface area contributed by atoms with Crippen molar-refractivity contribution < 1.29 is 0 Å². The highest BCUT2D eigenvalue weighted by Gasteiger charge is 2.36. The lowest BCUT2D eigenvalue weighted by atomic mass is 9.91. The maximum Gasteiger partial charge on any atom is 0.0522 e. The van der Waals surface area contributed by atoms with Gasteiger partial charge in [0.2, 0.25) is 0 Å². The second kappa shape index (κ2) is 8.32. The zero-order chi connectivity index (χ0) is 20.4. The number of aromatic amines is 1. The second-order valence-corrected chi connectivity index (χ2v) is 8.27. The van der Waals surface area contributed by atoms with E-state index in [1.807, 2.05) is 12.4 Å². The van der Waals surface area contributed by atoms with Crippen LogP contribution in [-0.2, 0) is 12.8 Å². The van der Waals surface area contributed by atoms with Gasteiger partial charge in [0.1, 0.15) is 0 Å². The molecular formula is C25H32N4. The molecule has 0 radical (unpaired) electrons. The number of anilines is 1. The number of hydrogen-bond donors (Lipinski definition) is 1. The lowest BCUT2D eigenvalue weighted by molar-refractivity contribution is 0.259. The number of nitrogens with zero attached hydrogens (tertiary/aromatic N) is 3. The Labute approximate surface area is 174 Å². The fourth-order valence-corrected chi connectivity index (χ4v) is 4.52. The van der Waals surface area contributed by atoms with Crippen LogP contribution in [0.1, 0.15) is 55.8 Å². The van der Waals surface area contributed by atoms with Gasteiger partial charge in [-0.1, -0.05) is 45.2 Å². The number of rotatable bonds is 9. The van der Waals surface area contributed by atoms with E-state index in [1.165, 1.54) is 29.7 Å². The zero-order valence-corrected chi connectivity index (χ0v) is 17.5. The number of H-pyrrole nitrogens is 1. The molecule has 2 aromatic rings. The van der Waals surface area contributed by atoms with Crippen LogP contribution in [0.3, 0.4) is 0 Å². The number of aryl methyl sites for hydroxylation is 1. The third-order valence-corrected chi connectivity index (χ3v) is 6.18. The van der Waals surface area contributed by atoms with E-state index < -0.39 is 0 Å². The van der Waals surface area contributed by atoms with Crippen molar-refractivity contribution in [3.8, 4) is 0 Å². The Bertz CT molecular complexity index is 888. The number of nitrogens with one attached hydrogen (secondary N) is 1. The van der Waals surface area contributed by atoms with Crippen LogP contribution in [0.4, 0.5) is 5.69 Å². The molecule has 0 spiro atoms. The summed E-state index contributed by atoms with van der Waals surface area (Å²) in [7, 11) is 0. The molecule has 1 unspecified atom stereocenters. The van der Waals surface area contributed by atoms with Crippen LogP contribution in [0.15, 0.2) is 62.1 Å². The van der Waals surface area contributed by atoms with Gasteiger partial charge in [-0.15, -0.1) is 0 Å². The predicted molar refractivity (Wildman–Crippen MR) is 121 cm³/mol. The maximum absolute atomic E-state index is 4.52. The van der Waals surface area contributed by atoms with Gasteiger partial charge in [-0.2, -0.15) is 5.10 Å². The smallest absolute Gasteiger partial charge is 0.0522 e. The first-order chi connectivity index (χ1) is 14.1. The SMILES string of the molecule is C=CN(C(=C)CCC)c1ccc(C(=C)N(C2CC2)C2CCc3[nH]ncc3C2)cc1. The maximum atomic E-state index is 4.52. The molecule has 29 heavy (non-hydrogen) atoms. The van der Waals surface area contributed by atoms with Crippen molar-refractivity contribution in [2.45, 2.75) is 64.0 Å². The topological polar surface area (TPSA) is 35.2 Å². The number of fused-ring (bicyclic) bond motifs is 1. The highest BCUT2D eigenvalue weighted by molar-refractivity contribution is 5.66. The molecule has 0 aliphatic heterocycles. The Morgan fingerprint density at radius 3 is 2.59 bits per heavy atom. The summed E-state index contributed by atoms with van der Waals surface area (Å²) in [6.07, 6.45) is 11.7. The van der Waals surface area contributed by atoms with Gasteiger partial charge in [-0.25, -0.2) is 0 Å². The zero-order valence-electron chi connectivity index (χ0n) is 17.5. The lowest BCUT2D eigenvalue weighted by Crippen LogP contribution is -2.39. The lowest BCUT2D eigenvalue weighted by Gasteiger charge is -2.37. The van der Waals surface area contributed by atoms with Crippen LogP contribution in [0.5, 0.6) is 0 Å². The molecule has 4 nitrogen and oxygen atoms in total. The normalized spacial score (nSPS) is 18.0. The Kier molecular flexibility index (Phi) is 5.61. The Morgan fingerprint density at radius 1 is 1.17 bits per heavy atom. The molecule has 0 bridgehead atoms. The van der Waals surface area contributed by atoms with E-state index in [1.54, 1.807) is 0 Å². The summed E-state index contributed by atoms with van der Waals surface area (Å²) in [6.45, 7) is 14.9. The molecule has 1 N–H and O–H groups in total. The molecule has 1 heterocycles. The van der Waals surface area contributed by atoms with Gasteiger partial charge in [0, 0.05) is 41.1 Å². The van der Waals surface area contributed by atoms with Gasteiger partial charge >= 0.3 is 0 Å². The fourth-order valence-electron chi connectivity index (χ4n) is 4.52. The van der Waals surface area contributed by atoms with Crippen molar-refractivity contribution in [2.75, 3.05) is 4.90 Å². The first-order valence-electron chi connectivity index (χ1n) is 10.8. The summed E-state index contributed by atoms with van der Waals surface area (Å²) in [5.74, 6) is 0. The van der Waals surface area contributed by atoms with Crippen molar-refractivity contribution in [3.05, 3.63) is 78.9 Å². The summed E-state index contributed by atoms with van der Waals surface area (Å²) in [5.41, 5.74) is 7.20. The summed E-state index contributed by atoms with van der Waals surface area (Å²) in [5, 5.41) is 7.39. The molecule has 4 rings (SSSR count). The van der Waals surface area contributed by atoms with Crippen LogP contribution in [0.25, 0.3) is 5.70 Å². The molecule has 2 aliphatic rings. The molecule has 1 aromatic carbocycles. The number of hydrogen-bond acceptors (Lipinski definition) is 3. The van der Waals surface area contributed by atoms with Crippen LogP contribution in [-0.4, -0.2) is 27.2 Å².